The van der Waals surface area contributed by atoms with Crippen molar-refractivity contribution in [3.63, 3.8) is 0 Å². The number of carbonyl (C=O) groups excluding carboxylic acids is 1. The van der Waals surface area contributed by atoms with Gasteiger partial charge >= 0.3 is 6.03 Å². The number of benzene rings is 1. The third kappa shape index (κ3) is 4.67. The lowest BCUT2D eigenvalue weighted by Gasteiger charge is -2.42. The van der Waals surface area contributed by atoms with E-state index in [2.05, 4.69) is 10.0 Å². The van der Waals surface area contributed by atoms with Gasteiger partial charge in [-0.25, -0.2) is 17.9 Å². The van der Waals surface area contributed by atoms with E-state index < -0.39 is 15.6 Å². The molecular formula is C20H31N3O4S. The summed E-state index contributed by atoms with van der Waals surface area (Å²) in [6, 6.07) is 5.37. The van der Waals surface area contributed by atoms with Crippen molar-refractivity contribution in [2.24, 2.45) is 0 Å². The van der Waals surface area contributed by atoms with Crippen LogP contribution in [0.3, 0.4) is 0 Å². The second kappa shape index (κ2) is 8.80. The van der Waals surface area contributed by atoms with Gasteiger partial charge in [-0.2, -0.15) is 0 Å². The van der Waals surface area contributed by atoms with Crippen LogP contribution in [0.15, 0.2) is 23.1 Å². The predicted molar refractivity (Wildman–Crippen MR) is 108 cm³/mol. The molecule has 1 saturated heterocycles. The highest BCUT2D eigenvalue weighted by molar-refractivity contribution is 7.89. The van der Waals surface area contributed by atoms with Gasteiger partial charge in [0.1, 0.15) is 0 Å². The number of sulfonamides is 1. The van der Waals surface area contributed by atoms with E-state index in [1.807, 2.05) is 19.1 Å². The Labute approximate surface area is 167 Å². The standard InChI is InChI=1S/C20H31N3O4S/c1-3-21-19(24)23-12-9-20(10-13-23,11-14-27-2)22-28(25,26)18-8-7-16-5-4-6-17(16)15-18/h7-8,15,22H,3-6,9-14H2,1-2H3,(H,21,24). The fourth-order valence-electron chi connectivity index (χ4n) is 4.16. The second-order valence-electron chi connectivity index (χ2n) is 7.74. The van der Waals surface area contributed by atoms with Gasteiger partial charge in [-0.15, -0.1) is 0 Å². The van der Waals surface area contributed by atoms with Crippen molar-refractivity contribution < 1.29 is 17.9 Å². The Hall–Kier alpha value is -1.64. The average molecular weight is 410 g/mol. The summed E-state index contributed by atoms with van der Waals surface area (Å²) in [5.41, 5.74) is 1.79. The number of ether oxygens (including phenoxy) is 1. The van der Waals surface area contributed by atoms with Gasteiger partial charge in [0, 0.05) is 38.9 Å². The molecular weight excluding hydrogens is 378 g/mol. The smallest absolute Gasteiger partial charge is 0.317 e. The van der Waals surface area contributed by atoms with Crippen molar-refractivity contribution >= 4 is 16.1 Å². The largest absolute Gasteiger partial charge is 0.385 e. The van der Waals surface area contributed by atoms with Crippen LogP contribution in [0.4, 0.5) is 4.79 Å². The van der Waals surface area contributed by atoms with Crippen LogP contribution in [0.25, 0.3) is 0 Å². The van der Waals surface area contributed by atoms with Gasteiger partial charge in [0.05, 0.1) is 4.90 Å². The molecule has 2 amide bonds. The molecule has 1 aromatic rings. The minimum atomic E-state index is -3.64. The summed E-state index contributed by atoms with van der Waals surface area (Å²) < 4.78 is 34.5. The minimum Gasteiger partial charge on any atom is -0.385 e. The molecule has 0 unspecified atom stereocenters. The molecule has 0 spiro atoms. The summed E-state index contributed by atoms with van der Waals surface area (Å²) in [6.45, 7) is 3.96. The third-order valence-electron chi connectivity index (χ3n) is 5.85. The number of piperidine rings is 1. The quantitative estimate of drug-likeness (QED) is 0.722. The number of likely N-dealkylation sites (tertiary alicyclic amines) is 1. The summed E-state index contributed by atoms with van der Waals surface area (Å²) in [4.78, 5) is 14.2. The summed E-state index contributed by atoms with van der Waals surface area (Å²) in [5, 5.41) is 2.81. The van der Waals surface area contributed by atoms with Crippen molar-refractivity contribution in [2.75, 3.05) is 33.4 Å². The molecule has 0 bridgehead atoms. The second-order valence-corrected chi connectivity index (χ2v) is 9.42. The molecule has 3 rings (SSSR count). The lowest BCUT2D eigenvalue weighted by Crippen LogP contribution is -2.57. The van der Waals surface area contributed by atoms with Crippen LogP contribution in [0, 0.1) is 0 Å². The van der Waals surface area contributed by atoms with Crippen molar-refractivity contribution in [3.8, 4) is 0 Å². The molecule has 1 fully saturated rings. The molecule has 2 aliphatic rings. The fraction of sp³-hybridized carbons (Fsp3) is 0.650. The maximum absolute atomic E-state index is 13.1. The van der Waals surface area contributed by atoms with Gasteiger partial charge in [-0.05, 0) is 68.7 Å². The van der Waals surface area contributed by atoms with E-state index in [1.165, 1.54) is 5.56 Å². The molecule has 0 aromatic heterocycles. The van der Waals surface area contributed by atoms with Crippen LogP contribution < -0.4 is 10.0 Å². The van der Waals surface area contributed by atoms with Crippen LogP contribution >= 0.6 is 0 Å². The van der Waals surface area contributed by atoms with E-state index in [9.17, 15) is 13.2 Å². The lowest BCUT2D eigenvalue weighted by atomic mass is 9.86. The topological polar surface area (TPSA) is 87.7 Å². The maximum Gasteiger partial charge on any atom is 0.317 e. The molecule has 156 valence electrons. The average Bonchev–Trinajstić information content (AvgIpc) is 3.15. The number of rotatable bonds is 7. The van der Waals surface area contributed by atoms with E-state index >= 15 is 0 Å². The predicted octanol–water partition coefficient (Wildman–Crippen LogP) is 2.05. The maximum atomic E-state index is 13.1. The van der Waals surface area contributed by atoms with E-state index in [4.69, 9.17) is 4.74 Å². The van der Waals surface area contributed by atoms with E-state index in [0.29, 0.717) is 50.4 Å². The molecule has 0 radical (unpaired) electrons. The first-order valence-corrected chi connectivity index (χ1v) is 11.5. The summed E-state index contributed by atoms with van der Waals surface area (Å²) in [6.07, 6.45) is 4.76. The molecule has 7 nitrogen and oxygen atoms in total. The van der Waals surface area contributed by atoms with Gasteiger partial charge in [0.2, 0.25) is 10.0 Å². The monoisotopic (exact) mass is 409 g/mol. The fourth-order valence-corrected chi connectivity index (χ4v) is 5.70. The Balaban J connectivity index is 1.76. The van der Waals surface area contributed by atoms with E-state index in [1.54, 1.807) is 18.1 Å². The zero-order chi connectivity index (χ0) is 20.2. The highest BCUT2D eigenvalue weighted by Crippen LogP contribution is 2.30. The van der Waals surface area contributed by atoms with Crippen LogP contribution in [0.5, 0.6) is 0 Å². The van der Waals surface area contributed by atoms with Crippen molar-refractivity contribution in [1.29, 1.82) is 0 Å². The first-order chi connectivity index (χ1) is 13.4. The van der Waals surface area contributed by atoms with Gasteiger partial charge in [0.25, 0.3) is 0 Å². The molecule has 8 heteroatoms. The summed E-state index contributed by atoms with van der Waals surface area (Å²) in [5.74, 6) is 0. The third-order valence-corrected chi connectivity index (χ3v) is 7.43. The minimum absolute atomic E-state index is 0.0932. The normalized spacial score (nSPS) is 18.7. The molecule has 1 aliphatic carbocycles. The van der Waals surface area contributed by atoms with Gasteiger partial charge in [-0.1, -0.05) is 6.07 Å². The SMILES string of the molecule is CCNC(=O)N1CCC(CCOC)(NS(=O)(=O)c2ccc3c(c2)CCC3)CC1. The van der Waals surface area contributed by atoms with Crippen LogP contribution in [-0.2, 0) is 27.6 Å². The van der Waals surface area contributed by atoms with E-state index in [0.717, 1.165) is 24.8 Å². The number of aryl methyl sites for hydroxylation is 2. The Morgan fingerprint density at radius 3 is 2.61 bits per heavy atom. The van der Waals surface area contributed by atoms with Crippen LogP contribution in [-0.4, -0.2) is 58.2 Å². The lowest BCUT2D eigenvalue weighted by molar-refractivity contribution is 0.115. The zero-order valence-corrected chi connectivity index (χ0v) is 17.6. The Morgan fingerprint density at radius 2 is 1.93 bits per heavy atom. The zero-order valence-electron chi connectivity index (χ0n) is 16.8. The van der Waals surface area contributed by atoms with Crippen molar-refractivity contribution in [3.05, 3.63) is 29.3 Å². The highest BCUT2D eigenvalue weighted by Gasteiger charge is 2.39. The number of nitrogens with zero attached hydrogens (tertiary/aromatic N) is 1. The number of hydrogen-bond acceptors (Lipinski definition) is 4. The van der Waals surface area contributed by atoms with Gasteiger partial charge in [0.15, 0.2) is 0 Å². The van der Waals surface area contributed by atoms with Gasteiger partial charge in [-0.3, -0.25) is 0 Å². The first-order valence-electron chi connectivity index (χ1n) is 10.1. The molecule has 0 atom stereocenters. The first kappa shape index (κ1) is 21.1. The Bertz CT molecular complexity index is 802. The van der Waals surface area contributed by atoms with Crippen LogP contribution in [0.1, 0.15) is 43.7 Å². The number of carbonyl (C=O) groups is 1. The van der Waals surface area contributed by atoms with Crippen molar-refractivity contribution in [1.82, 2.24) is 14.9 Å². The highest BCUT2D eigenvalue weighted by atomic mass is 32.2. The molecule has 1 aromatic carbocycles. The number of methoxy groups -OCH3 is 1. The Kier molecular flexibility index (Phi) is 6.62. The molecule has 1 aliphatic heterocycles. The van der Waals surface area contributed by atoms with Crippen LogP contribution in [0.2, 0.25) is 0 Å². The number of urea groups is 1. The molecule has 28 heavy (non-hydrogen) atoms. The number of fused-ring (bicyclic) bond motifs is 1. The molecule has 0 saturated carbocycles. The molecule has 1 heterocycles. The number of nitrogens with one attached hydrogen (secondary N) is 2. The van der Waals surface area contributed by atoms with E-state index in [-0.39, 0.29) is 6.03 Å². The number of amides is 2. The van der Waals surface area contributed by atoms with Gasteiger partial charge < -0.3 is 15.0 Å². The number of hydrogen-bond donors (Lipinski definition) is 2. The summed E-state index contributed by atoms with van der Waals surface area (Å²) >= 11 is 0. The Morgan fingerprint density at radius 1 is 1.21 bits per heavy atom. The molecule has 2 N–H and O–H groups in total. The van der Waals surface area contributed by atoms with Crippen molar-refractivity contribution in [2.45, 2.75) is 55.9 Å². The summed E-state index contributed by atoms with van der Waals surface area (Å²) in [7, 11) is -2.03.